The molecular weight excluding hydrogens is 338 g/mol. The molecule has 0 radical (unpaired) electrons. The predicted octanol–water partition coefficient (Wildman–Crippen LogP) is 4.47. The fourth-order valence-corrected chi connectivity index (χ4v) is 3.82. The van der Waals surface area contributed by atoms with E-state index < -0.39 is 11.4 Å². The van der Waals surface area contributed by atoms with Crippen molar-refractivity contribution in [3.8, 4) is 5.75 Å². The molecule has 1 aliphatic rings. The minimum Gasteiger partial charge on any atom is -0.426 e. The smallest absolute Gasteiger partial charge is 0.308 e. The van der Waals surface area contributed by atoms with Gasteiger partial charge in [-0.15, -0.1) is 6.58 Å². The van der Waals surface area contributed by atoms with Crippen LogP contribution in [0.15, 0.2) is 49.1 Å². The summed E-state index contributed by atoms with van der Waals surface area (Å²) in [5.41, 5.74) is 3.77. The molecule has 3 rings (SSSR count). The summed E-state index contributed by atoms with van der Waals surface area (Å²) in [6.07, 6.45) is 2.35. The monoisotopic (exact) mass is 363 g/mol. The second kappa shape index (κ2) is 7.03. The van der Waals surface area contributed by atoms with Crippen LogP contribution < -0.4 is 9.64 Å². The molecule has 4 nitrogen and oxygen atoms in total. The number of hydrogen-bond donors (Lipinski definition) is 0. The van der Waals surface area contributed by atoms with Gasteiger partial charge in [0.2, 0.25) is 5.91 Å². The molecule has 1 heterocycles. The number of esters is 1. The van der Waals surface area contributed by atoms with E-state index in [0.29, 0.717) is 18.7 Å². The molecule has 0 spiro atoms. The number of nitrogens with zero attached hydrogens (tertiary/aromatic N) is 1. The third kappa shape index (κ3) is 3.27. The number of allylic oxidation sites excluding steroid dienone is 1. The zero-order valence-electron chi connectivity index (χ0n) is 16.3. The number of amides is 1. The molecule has 2 aromatic carbocycles. The molecule has 0 bridgehead atoms. The Labute approximate surface area is 160 Å². The average Bonchev–Trinajstić information content (AvgIpc) is 2.80. The maximum Gasteiger partial charge on any atom is 0.308 e. The largest absolute Gasteiger partial charge is 0.426 e. The molecule has 1 amide bonds. The molecule has 2 aromatic rings. The molecule has 0 N–H and O–H groups in total. The van der Waals surface area contributed by atoms with Crippen molar-refractivity contribution >= 4 is 17.6 Å². The lowest BCUT2D eigenvalue weighted by Crippen LogP contribution is -2.36. The SMILES string of the molecule is C=CCc1cc(C)c2c(c1OC(C)=O)C(C)(C)C(=O)N2Cc1ccccc1. The van der Waals surface area contributed by atoms with Gasteiger partial charge in [-0.05, 0) is 49.9 Å². The van der Waals surface area contributed by atoms with E-state index in [1.165, 1.54) is 6.92 Å². The number of ether oxygens (including phenoxy) is 1. The number of anilines is 1. The van der Waals surface area contributed by atoms with E-state index in [9.17, 15) is 9.59 Å². The first-order valence-electron chi connectivity index (χ1n) is 9.09. The fourth-order valence-electron chi connectivity index (χ4n) is 3.82. The number of carbonyl (C=O) groups excluding carboxylic acids is 2. The zero-order chi connectivity index (χ0) is 19.8. The van der Waals surface area contributed by atoms with Gasteiger partial charge in [0.1, 0.15) is 5.75 Å². The standard InChI is InChI=1S/C23H25NO3/c1-6-10-18-13-15(2)20-19(21(18)27-16(3)25)23(4,5)22(26)24(20)14-17-11-8-7-9-12-17/h6-9,11-13H,1,10,14H2,2-5H3. The maximum atomic E-state index is 13.3. The van der Waals surface area contributed by atoms with E-state index in [2.05, 4.69) is 6.58 Å². The van der Waals surface area contributed by atoms with Crippen LogP contribution in [0.3, 0.4) is 0 Å². The Kier molecular flexibility index (Phi) is 4.92. The molecule has 0 saturated carbocycles. The number of carbonyl (C=O) groups is 2. The molecule has 0 fully saturated rings. The molecule has 4 heteroatoms. The van der Waals surface area contributed by atoms with E-state index in [1.807, 2.05) is 62.1 Å². The van der Waals surface area contributed by atoms with Crippen LogP contribution in [0, 0.1) is 6.92 Å². The first-order valence-corrected chi connectivity index (χ1v) is 9.09. The van der Waals surface area contributed by atoms with Crippen LogP contribution in [0.4, 0.5) is 5.69 Å². The van der Waals surface area contributed by atoms with Gasteiger partial charge in [-0.25, -0.2) is 0 Å². The molecule has 140 valence electrons. The highest BCUT2D eigenvalue weighted by Gasteiger charge is 2.47. The second-order valence-electron chi connectivity index (χ2n) is 7.49. The van der Waals surface area contributed by atoms with E-state index in [1.54, 1.807) is 6.08 Å². The number of aryl methyl sites for hydroxylation is 1. The van der Waals surface area contributed by atoms with Gasteiger partial charge in [-0.1, -0.05) is 36.4 Å². The van der Waals surface area contributed by atoms with Crippen molar-refractivity contribution < 1.29 is 14.3 Å². The molecule has 0 aliphatic carbocycles. The van der Waals surface area contributed by atoms with Gasteiger partial charge in [0, 0.05) is 12.5 Å². The van der Waals surface area contributed by atoms with Crippen molar-refractivity contribution in [2.75, 3.05) is 4.90 Å². The van der Waals surface area contributed by atoms with Gasteiger partial charge >= 0.3 is 5.97 Å². The van der Waals surface area contributed by atoms with Gasteiger partial charge in [0.15, 0.2) is 0 Å². The van der Waals surface area contributed by atoms with E-state index in [-0.39, 0.29) is 5.91 Å². The lowest BCUT2D eigenvalue weighted by molar-refractivity contribution is -0.132. The maximum absolute atomic E-state index is 13.3. The minimum absolute atomic E-state index is 0.00797. The Hall–Kier alpha value is -2.88. The van der Waals surface area contributed by atoms with Crippen LogP contribution in [0.2, 0.25) is 0 Å². The van der Waals surface area contributed by atoms with Gasteiger partial charge in [-0.3, -0.25) is 9.59 Å². The van der Waals surface area contributed by atoms with Crippen molar-refractivity contribution in [3.05, 3.63) is 71.3 Å². The Morgan fingerprint density at radius 2 is 1.93 bits per heavy atom. The van der Waals surface area contributed by atoms with Crippen LogP contribution in [0.1, 0.15) is 43.0 Å². The number of fused-ring (bicyclic) bond motifs is 1. The van der Waals surface area contributed by atoms with Gasteiger partial charge < -0.3 is 9.64 Å². The van der Waals surface area contributed by atoms with Crippen molar-refractivity contribution in [1.29, 1.82) is 0 Å². The summed E-state index contributed by atoms with van der Waals surface area (Å²) in [5, 5.41) is 0. The molecule has 0 unspecified atom stereocenters. The Morgan fingerprint density at radius 3 is 2.52 bits per heavy atom. The highest BCUT2D eigenvalue weighted by Crippen LogP contribution is 2.50. The van der Waals surface area contributed by atoms with Crippen molar-refractivity contribution in [2.24, 2.45) is 0 Å². The number of benzene rings is 2. The van der Waals surface area contributed by atoms with Crippen LogP contribution in [-0.2, 0) is 28.0 Å². The Balaban J connectivity index is 2.22. The Morgan fingerprint density at radius 1 is 1.26 bits per heavy atom. The molecule has 27 heavy (non-hydrogen) atoms. The summed E-state index contributed by atoms with van der Waals surface area (Å²) < 4.78 is 5.61. The topological polar surface area (TPSA) is 46.6 Å². The van der Waals surface area contributed by atoms with Crippen molar-refractivity contribution in [1.82, 2.24) is 0 Å². The number of hydrogen-bond acceptors (Lipinski definition) is 3. The Bertz CT molecular complexity index is 913. The summed E-state index contributed by atoms with van der Waals surface area (Å²) in [7, 11) is 0. The minimum atomic E-state index is -0.781. The van der Waals surface area contributed by atoms with Crippen molar-refractivity contribution in [2.45, 2.75) is 46.1 Å². The zero-order valence-corrected chi connectivity index (χ0v) is 16.3. The first kappa shape index (κ1) is 18.9. The summed E-state index contributed by atoms with van der Waals surface area (Å²) >= 11 is 0. The van der Waals surface area contributed by atoms with E-state index in [4.69, 9.17) is 4.74 Å². The van der Waals surface area contributed by atoms with Crippen LogP contribution in [0.5, 0.6) is 5.75 Å². The fraction of sp³-hybridized carbons (Fsp3) is 0.304. The third-order valence-corrected chi connectivity index (χ3v) is 4.99. The summed E-state index contributed by atoms with van der Waals surface area (Å²) in [4.78, 5) is 26.9. The van der Waals surface area contributed by atoms with E-state index in [0.717, 1.165) is 27.9 Å². The molecular formula is C23H25NO3. The molecule has 0 aromatic heterocycles. The lowest BCUT2D eigenvalue weighted by Gasteiger charge is -2.21. The average molecular weight is 363 g/mol. The van der Waals surface area contributed by atoms with Crippen LogP contribution in [-0.4, -0.2) is 11.9 Å². The van der Waals surface area contributed by atoms with Crippen LogP contribution >= 0.6 is 0 Å². The summed E-state index contributed by atoms with van der Waals surface area (Å²) in [5.74, 6) is 0.113. The number of rotatable bonds is 5. The van der Waals surface area contributed by atoms with Gasteiger partial charge in [0.05, 0.1) is 17.6 Å². The lowest BCUT2D eigenvalue weighted by atomic mass is 9.83. The van der Waals surface area contributed by atoms with E-state index >= 15 is 0 Å². The van der Waals surface area contributed by atoms with Gasteiger partial charge in [-0.2, -0.15) is 0 Å². The molecule has 0 atom stereocenters. The molecule has 0 saturated heterocycles. The normalized spacial score (nSPS) is 14.8. The van der Waals surface area contributed by atoms with Gasteiger partial charge in [0.25, 0.3) is 0 Å². The predicted molar refractivity (Wildman–Crippen MR) is 107 cm³/mol. The summed E-state index contributed by atoms with van der Waals surface area (Å²) in [6, 6.07) is 11.9. The molecule has 1 aliphatic heterocycles. The van der Waals surface area contributed by atoms with Crippen molar-refractivity contribution in [3.63, 3.8) is 0 Å². The highest BCUT2D eigenvalue weighted by molar-refractivity contribution is 6.09. The first-order chi connectivity index (χ1) is 12.8. The quantitative estimate of drug-likeness (QED) is 0.447. The highest BCUT2D eigenvalue weighted by atomic mass is 16.5. The third-order valence-electron chi connectivity index (χ3n) is 4.99. The van der Waals surface area contributed by atoms with Crippen LogP contribution in [0.25, 0.3) is 0 Å². The summed E-state index contributed by atoms with van der Waals surface area (Å²) in [6.45, 7) is 11.5. The second-order valence-corrected chi connectivity index (χ2v) is 7.49.